The Balaban J connectivity index is 0. The molecule has 0 aliphatic heterocycles. The van der Waals surface area contributed by atoms with E-state index < -0.39 is 34.7 Å². The van der Waals surface area contributed by atoms with Crippen LogP contribution in [0.1, 0.15) is 25.7 Å². The maximum Gasteiger partial charge on any atom is 0.306 e. The number of hydrogen-bond acceptors (Lipinski definition) is 12. The Morgan fingerprint density at radius 2 is 0.676 bits per heavy atom. The van der Waals surface area contributed by atoms with E-state index in [0.717, 1.165) is 0 Å². The van der Waals surface area contributed by atoms with Crippen LogP contribution in [-0.2, 0) is 38.1 Å². The molecule has 34 heavy (non-hydrogen) atoms. The van der Waals surface area contributed by atoms with E-state index in [-0.39, 0.29) is 75.1 Å². The van der Waals surface area contributed by atoms with Crippen molar-refractivity contribution < 1.29 is 38.1 Å². The van der Waals surface area contributed by atoms with Gasteiger partial charge in [0.2, 0.25) is 0 Å². The maximum absolute atomic E-state index is 11.8. The van der Waals surface area contributed by atoms with Gasteiger partial charge in [-0.2, -0.15) is 50.5 Å². The quantitative estimate of drug-likeness (QED) is 0.131. The van der Waals surface area contributed by atoms with Crippen molar-refractivity contribution in [2.75, 3.05) is 49.4 Å². The topological polar surface area (TPSA) is 105 Å². The van der Waals surface area contributed by atoms with Gasteiger partial charge in [0.25, 0.3) is 0 Å². The first-order valence-electron chi connectivity index (χ1n) is 10.3. The molecule has 0 aromatic heterocycles. The molecule has 0 fully saturated rings. The highest BCUT2D eigenvalue weighted by Gasteiger charge is 2.37. The highest BCUT2D eigenvalue weighted by molar-refractivity contribution is 7.80. The molecule has 0 saturated heterocycles. The zero-order valence-corrected chi connectivity index (χ0v) is 22.9. The Bertz CT molecular complexity index is 509. The highest BCUT2D eigenvalue weighted by Crippen LogP contribution is 2.22. The summed E-state index contributed by atoms with van der Waals surface area (Å²) in [6, 6.07) is 0. The lowest BCUT2D eigenvalue weighted by Gasteiger charge is -2.31. The molecule has 4 radical (unpaired) electrons. The standard InChI is InChI=1S/C17H28O8S4.C5H8/c18-13(1-5-26)22-9-17(10-23-14(19)2-6-27,11-24-15(20)3-7-28)12-25-16(21)4-8-29;1-5(2,3)4/h26-29H,1-12H2;1-4H2. The van der Waals surface area contributed by atoms with E-state index in [2.05, 4.69) is 78.2 Å². The molecule has 0 aromatic rings. The summed E-state index contributed by atoms with van der Waals surface area (Å²) in [5.74, 6) is -0.978. The van der Waals surface area contributed by atoms with Crippen molar-refractivity contribution in [2.45, 2.75) is 25.7 Å². The Morgan fingerprint density at radius 1 is 0.500 bits per heavy atom. The normalized spacial score (nSPS) is 11.1. The summed E-state index contributed by atoms with van der Waals surface area (Å²) in [6.45, 7) is 12.6. The first-order chi connectivity index (χ1) is 15.8. The Hall–Kier alpha value is -0.720. The minimum absolute atomic E-state index is 0.0670. The zero-order chi connectivity index (χ0) is 26.6. The molecule has 12 heteroatoms. The van der Waals surface area contributed by atoms with Crippen LogP contribution in [0.3, 0.4) is 0 Å². The van der Waals surface area contributed by atoms with Crippen LogP contribution >= 0.6 is 50.5 Å². The molecular weight excluding hydrogens is 521 g/mol. The van der Waals surface area contributed by atoms with Gasteiger partial charge < -0.3 is 18.9 Å². The van der Waals surface area contributed by atoms with E-state index in [4.69, 9.17) is 18.9 Å². The van der Waals surface area contributed by atoms with E-state index in [0.29, 0.717) is 0 Å². The summed E-state index contributed by atoms with van der Waals surface area (Å²) in [5.41, 5.74) is -1.75. The molecule has 0 bridgehead atoms. The molecule has 0 aliphatic rings. The summed E-state index contributed by atoms with van der Waals surface area (Å²) in [5, 5.41) is 0. The van der Waals surface area contributed by atoms with Crippen LogP contribution in [-0.4, -0.2) is 73.3 Å². The van der Waals surface area contributed by atoms with Gasteiger partial charge in [-0.15, -0.1) is 0 Å². The van der Waals surface area contributed by atoms with E-state index in [9.17, 15) is 19.2 Å². The average molecular weight is 557 g/mol. The number of carbonyl (C=O) groups excluding carboxylic acids is 4. The van der Waals surface area contributed by atoms with Crippen LogP contribution in [0.15, 0.2) is 0 Å². The molecule has 0 N–H and O–H groups in total. The van der Waals surface area contributed by atoms with Gasteiger partial charge in [-0.25, -0.2) is 0 Å². The van der Waals surface area contributed by atoms with Crippen LogP contribution < -0.4 is 0 Å². The van der Waals surface area contributed by atoms with Gasteiger partial charge in [-0.1, -0.05) is 0 Å². The van der Waals surface area contributed by atoms with Gasteiger partial charge in [0.1, 0.15) is 31.8 Å². The SMILES string of the molecule is O=C(CCS)OCC(COC(=O)CCS)(COC(=O)CCS)COC(=O)CCS.[CH2]C([CH2])([CH2])[CH2]. The van der Waals surface area contributed by atoms with Gasteiger partial charge in [0, 0.05) is 23.0 Å². The van der Waals surface area contributed by atoms with Crippen LogP contribution in [0.4, 0.5) is 0 Å². The van der Waals surface area contributed by atoms with Gasteiger partial charge in [-0.05, 0) is 33.1 Å². The fraction of sp³-hybridized carbons (Fsp3) is 0.636. The van der Waals surface area contributed by atoms with Crippen molar-refractivity contribution in [2.24, 2.45) is 10.8 Å². The molecule has 0 rings (SSSR count). The van der Waals surface area contributed by atoms with Crippen LogP contribution in [0, 0.1) is 38.5 Å². The van der Waals surface area contributed by atoms with Crippen molar-refractivity contribution in [1.82, 2.24) is 0 Å². The van der Waals surface area contributed by atoms with Crippen LogP contribution in [0.2, 0.25) is 0 Å². The van der Waals surface area contributed by atoms with Crippen molar-refractivity contribution >= 4 is 74.4 Å². The number of ether oxygens (including phenoxy) is 4. The highest BCUT2D eigenvalue weighted by atomic mass is 32.1. The summed E-state index contributed by atoms with van der Waals surface area (Å²) < 4.78 is 20.9. The zero-order valence-electron chi connectivity index (χ0n) is 19.4. The summed E-state index contributed by atoms with van der Waals surface area (Å²) >= 11 is 15.9. The first-order valence-corrected chi connectivity index (χ1v) is 12.8. The molecule has 0 heterocycles. The molecule has 0 unspecified atom stereocenters. The minimum atomic E-state index is -1.25. The number of thiol groups is 4. The second kappa shape index (κ2) is 20.5. The molecule has 0 aromatic carbocycles. The molecule has 0 aliphatic carbocycles. The molecule has 0 spiro atoms. The molecule has 0 atom stereocenters. The van der Waals surface area contributed by atoms with Gasteiger partial charge in [0.15, 0.2) is 0 Å². The molecule has 196 valence electrons. The van der Waals surface area contributed by atoms with Crippen molar-refractivity contribution in [3.05, 3.63) is 27.7 Å². The summed E-state index contributed by atoms with van der Waals surface area (Å²) in [6.07, 6.45) is 0.268. The van der Waals surface area contributed by atoms with E-state index in [1.165, 1.54) is 0 Å². The average Bonchev–Trinajstić information content (AvgIpc) is 2.72. The monoisotopic (exact) mass is 556 g/mol. The predicted octanol–water partition coefficient (Wildman–Crippen LogP) is 2.73. The van der Waals surface area contributed by atoms with E-state index in [1.54, 1.807) is 0 Å². The fourth-order valence-electron chi connectivity index (χ4n) is 1.84. The van der Waals surface area contributed by atoms with Crippen molar-refractivity contribution in [3.63, 3.8) is 0 Å². The lowest BCUT2D eigenvalue weighted by Crippen LogP contribution is -2.44. The molecular formula is C22H36O8S4. The lowest BCUT2D eigenvalue weighted by molar-refractivity contribution is -0.170. The Kier molecular flexibility index (Phi) is 21.3. The second-order valence-electron chi connectivity index (χ2n) is 7.54. The van der Waals surface area contributed by atoms with Gasteiger partial charge >= 0.3 is 23.9 Å². The van der Waals surface area contributed by atoms with Crippen molar-refractivity contribution in [3.8, 4) is 0 Å². The van der Waals surface area contributed by atoms with E-state index in [1.807, 2.05) is 0 Å². The Morgan fingerprint density at radius 3 is 0.824 bits per heavy atom. The molecule has 0 amide bonds. The first kappa shape index (κ1) is 35.4. The number of hydrogen-bond donors (Lipinski definition) is 4. The van der Waals surface area contributed by atoms with Gasteiger partial charge in [-0.3, -0.25) is 19.2 Å². The third-order valence-corrected chi connectivity index (χ3v) is 4.32. The number of rotatable bonds is 16. The fourth-order valence-corrected chi connectivity index (χ4v) is 2.57. The minimum Gasteiger partial charge on any atom is -0.465 e. The lowest BCUT2D eigenvalue weighted by atomic mass is 9.92. The molecule has 0 saturated carbocycles. The summed E-state index contributed by atoms with van der Waals surface area (Å²) in [7, 11) is 0. The predicted molar refractivity (Wildman–Crippen MR) is 144 cm³/mol. The molecule has 8 nitrogen and oxygen atoms in total. The number of esters is 4. The summed E-state index contributed by atoms with van der Waals surface area (Å²) in [4.78, 5) is 47.1. The smallest absolute Gasteiger partial charge is 0.306 e. The second-order valence-corrected chi connectivity index (χ2v) is 9.33. The van der Waals surface area contributed by atoms with Crippen molar-refractivity contribution in [1.29, 1.82) is 0 Å². The third kappa shape index (κ3) is 23.0. The number of carbonyl (C=O) groups is 4. The largest absolute Gasteiger partial charge is 0.465 e. The van der Waals surface area contributed by atoms with E-state index >= 15 is 0 Å². The van der Waals surface area contributed by atoms with Crippen LogP contribution in [0.5, 0.6) is 0 Å². The maximum atomic E-state index is 11.8. The van der Waals surface area contributed by atoms with Crippen LogP contribution in [0.25, 0.3) is 0 Å². The third-order valence-electron chi connectivity index (χ3n) is 3.42. The van der Waals surface area contributed by atoms with Gasteiger partial charge in [0.05, 0.1) is 25.7 Å². The Labute approximate surface area is 225 Å².